The summed E-state index contributed by atoms with van der Waals surface area (Å²) in [5.74, 6) is -0.106. The number of aryl methyl sites for hydroxylation is 1. The van der Waals surface area contributed by atoms with E-state index >= 15 is 0 Å². The first-order valence-corrected chi connectivity index (χ1v) is 12.4. The predicted octanol–water partition coefficient (Wildman–Crippen LogP) is 5.07. The quantitative estimate of drug-likeness (QED) is 0.473. The molecule has 2 amide bonds. The number of benzene rings is 3. The van der Waals surface area contributed by atoms with Crippen LogP contribution < -0.4 is 5.32 Å². The van der Waals surface area contributed by atoms with Crippen LogP contribution in [0.15, 0.2) is 84.9 Å². The SMILES string of the molecule is O=C(CC1(c2ccccc2)CCN(C(=O)CCc2ccccc2)CC1)NCCc1ccccc1F. The highest BCUT2D eigenvalue weighted by Gasteiger charge is 2.39. The number of carbonyl (C=O) groups is 2. The summed E-state index contributed by atoms with van der Waals surface area (Å²) < 4.78 is 13.9. The summed E-state index contributed by atoms with van der Waals surface area (Å²) in [5.41, 5.74) is 2.61. The third kappa shape index (κ3) is 6.56. The first-order valence-electron chi connectivity index (χ1n) is 12.4. The van der Waals surface area contributed by atoms with Gasteiger partial charge in [0, 0.05) is 37.9 Å². The van der Waals surface area contributed by atoms with Gasteiger partial charge in [0.2, 0.25) is 11.8 Å². The zero-order valence-electron chi connectivity index (χ0n) is 20.1. The van der Waals surface area contributed by atoms with Crippen LogP contribution in [0.1, 0.15) is 42.4 Å². The molecule has 0 atom stereocenters. The minimum absolute atomic E-state index is 0.0333. The van der Waals surface area contributed by atoms with Crippen molar-refractivity contribution in [2.24, 2.45) is 0 Å². The van der Waals surface area contributed by atoms with Crippen molar-refractivity contribution >= 4 is 11.8 Å². The van der Waals surface area contributed by atoms with Crippen molar-refractivity contribution in [3.05, 3.63) is 107 Å². The largest absolute Gasteiger partial charge is 0.356 e. The van der Waals surface area contributed by atoms with E-state index in [0.717, 1.165) is 24.8 Å². The maximum atomic E-state index is 13.9. The van der Waals surface area contributed by atoms with Crippen LogP contribution in [0.4, 0.5) is 4.39 Å². The number of nitrogens with one attached hydrogen (secondary N) is 1. The van der Waals surface area contributed by atoms with Gasteiger partial charge in [-0.2, -0.15) is 0 Å². The van der Waals surface area contributed by atoms with Gasteiger partial charge >= 0.3 is 0 Å². The number of rotatable bonds is 9. The van der Waals surface area contributed by atoms with Crippen LogP contribution >= 0.6 is 0 Å². The number of piperidine rings is 1. The zero-order valence-corrected chi connectivity index (χ0v) is 20.1. The maximum absolute atomic E-state index is 13.9. The Morgan fingerprint density at radius 2 is 1.46 bits per heavy atom. The molecule has 0 spiro atoms. The molecule has 1 N–H and O–H groups in total. The lowest BCUT2D eigenvalue weighted by atomic mass is 9.70. The molecular weight excluding hydrogens is 439 g/mol. The van der Waals surface area contributed by atoms with Gasteiger partial charge in [-0.15, -0.1) is 0 Å². The van der Waals surface area contributed by atoms with Gasteiger partial charge < -0.3 is 10.2 Å². The highest BCUT2D eigenvalue weighted by atomic mass is 19.1. The predicted molar refractivity (Wildman–Crippen MR) is 136 cm³/mol. The van der Waals surface area contributed by atoms with Crippen LogP contribution in [0, 0.1) is 5.82 Å². The molecule has 3 aromatic rings. The van der Waals surface area contributed by atoms with E-state index in [1.165, 1.54) is 11.6 Å². The number of hydrogen-bond acceptors (Lipinski definition) is 2. The van der Waals surface area contributed by atoms with Crippen molar-refractivity contribution in [3.63, 3.8) is 0 Å². The molecule has 1 aliphatic rings. The van der Waals surface area contributed by atoms with E-state index in [1.807, 2.05) is 41.3 Å². The van der Waals surface area contributed by atoms with E-state index in [1.54, 1.807) is 18.2 Å². The van der Waals surface area contributed by atoms with Gasteiger partial charge in [-0.1, -0.05) is 78.9 Å². The molecule has 0 aromatic heterocycles. The summed E-state index contributed by atoms with van der Waals surface area (Å²) in [7, 11) is 0. The second-order valence-corrected chi connectivity index (χ2v) is 9.38. The topological polar surface area (TPSA) is 49.4 Å². The van der Waals surface area contributed by atoms with Crippen molar-refractivity contribution < 1.29 is 14.0 Å². The van der Waals surface area contributed by atoms with Crippen molar-refractivity contribution in [3.8, 4) is 0 Å². The lowest BCUT2D eigenvalue weighted by Gasteiger charge is -2.42. The number of carbonyl (C=O) groups excluding carboxylic acids is 2. The Morgan fingerprint density at radius 1 is 0.829 bits per heavy atom. The van der Waals surface area contributed by atoms with Crippen LogP contribution in [0.25, 0.3) is 0 Å². The van der Waals surface area contributed by atoms with Crippen LogP contribution in [-0.4, -0.2) is 36.3 Å². The Morgan fingerprint density at radius 3 is 2.14 bits per heavy atom. The van der Waals surface area contributed by atoms with E-state index in [2.05, 4.69) is 29.6 Å². The van der Waals surface area contributed by atoms with Gasteiger partial charge in [0.1, 0.15) is 5.82 Å². The lowest BCUT2D eigenvalue weighted by Crippen LogP contribution is -2.47. The third-order valence-electron chi connectivity index (χ3n) is 7.10. The summed E-state index contributed by atoms with van der Waals surface area (Å²) in [6.07, 6.45) is 3.55. The third-order valence-corrected chi connectivity index (χ3v) is 7.10. The molecule has 0 radical (unpaired) electrons. The fourth-order valence-corrected chi connectivity index (χ4v) is 5.01. The number of halogens is 1. The molecule has 3 aromatic carbocycles. The fourth-order valence-electron chi connectivity index (χ4n) is 5.01. The second-order valence-electron chi connectivity index (χ2n) is 9.38. The molecule has 0 unspecified atom stereocenters. The average molecular weight is 473 g/mol. The Labute approximate surface area is 207 Å². The molecule has 1 heterocycles. The van der Waals surface area contributed by atoms with Crippen LogP contribution in [0.3, 0.4) is 0 Å². The Balaban J connectivity index is 1.35. The molecule has 4 nitrogen and oxygen atoms in total. The van der Waals surface area contributed by atoms with Crippen LogP contribution in [0.2, 0.25) is 0 Å². The monoisotopic (exact) mass is 472 g/mol. The van der Waals surface area contributed by atoms with Gasteiger partial charge in [0.05, 0.1) is 0 Å². The molecule has 1 saturated heterocycles. The van der Waals surface area contributed by atoms with Gasteiger partial charge in [-0.3, -0.25) is 9.59 Å². The standard InChI is InChI=1S/C30H33FN2O2/c31-27-14-8-7-11-25(27)17-20-32-28(34)23-30(26-12-5-2-6-13-26)18-21-33(22-19-30)29(35)16-15-24-9-3-1-4-10-24/h1-14H,15-23H2,(H,32,34). The number of amides is 2. The van der Waals surface area contributed by atoms with Crippen LogP contribution in [0.5, 0.6) is 0 Å². The highest BCUT2D eigenvalue weighted by molar-refractivity contribution is 5.78. The Hall–Kier alpha value is -3.47. The smallest absolute Gasteiger partial charge is 0.222 e. The van der Waals surface area contributed by atoms with E-state index in [4.69, 9.17) is 0 Å². The van der Waals surface area contributed by atoms with E-state index in [9.17, 15) is 14.0 Å². The molecule has 5 heteroatoms. The Kier molecular flexibility index (Phi) is 8.30. The van der Waals surface area contributed by atoms with Crippen molar-refractivity contribution in [2.45, 2.75) is 43.9 Å². The first-order chi connectivity index (χ1) is 17.1. The summed E-state index contributed by atoms with van der Waals surface area (Å²) in [5, 5.41) is 2.99. The number of nitrogens with zero attached hydrogens (tertiary/aromatic N) is 1. The summed E-state index contributed by atoms with van der Waals surface area (Å²) in [6.45, 7) is 1.69. The number of hydrogen-bond donors (Lipinski definition) is 1. The first kappa shape index (κ1) is 24.6. The van der Waals surface area contributed by atoms with E-state index in [0.29, 0.717) is 44.5 Å². The van der Waals surface area contributed by atoms with E-state index < -0.39 is 0 Å². The van der Waals surface area contributed by atoms with Crippen molar-refractivity contribution in [2.75, 3.05) is 19.6 Å². The number of likely N-dealkylation sites (tertiary alicyclic amines) is 1. The van der Waals surface area contributed by atoms with Crippen molar-refractivity contribution in [1.29, 1.82) is 0 Å². The fraction of sp³-hybridized carbons (Fsp3) is 0.333. The molecule has 182 valence electrons. The molecule has 0 saturated carbocycles. The molecule has 1 aliphatic heterocycles. The minimum Gasteiger partial charge on any atom is -0.356 e. The lowest BCUT2D eigenvalue weighted by molar-refractivity contribution is -0.133. The Bertz CT molecular complexity index is 1110. The molecule has 1 fully saturated rings. The maximum Gasteiger partial charge on any atom is 0.222 e. The molecular formula is C30H33FN2O2. The van der Waals surface area contributed by atoms with Crippen molar-refractivity contribution in [1.82, 2.24) is 10.2 Å². The second kappa shape index (κ2) is 11.8. The molecule has 0 bridgehead atoms. The molecule has 35 heavy (non-hydrogen) atoms. The van der Waals surface area contributed by atoms with Gasteiger partial charge in [0.25, 0.3) is 0 Å². The summed E-state index contributed by atoms with van der Waals surface area (Å²) >= 11 is 0. The highest BCUT2D eigenvalue weighted by Crippen LogP contribution is 2.39. The molecule has 0 aliphatic carbocycles. The summed E-state index contributed by atoms with van der Waals surface area (Å²) in [6, 6.07) is 26.9. The summed E-state index contributed by atoms with van der Waals surface area (Å²) in [4.78, 5) is 27.8. The normalized spacial score (nSPS) is 14.9. The molecule has 4 rings (SSSR count). The van der Waals surface area contributed by atoms with Gasteiger partial charge in [-0.25, -0.2) is 4.39 Å². The van der Waals surface area contributed by atoms with Crippen LogP contribution in [-0.2, 0) is 27.8 Å². The van der Waals surface area contributed by atoms with Gasteiger partial charge in [0.15, 0.2) is 0 Å². The zero-order chi connectivity index (χ0) is 24.5. The minimum atomic E-state index is -0.306. The average Bonchev–Trinajstić information content (AvgIpc) is 2.90. The van der Waals surface area contributed by atoms with Gasteiger partial charge in [-0.05, 0) is 48.4 Å². The van der Waals surface area contributed by atoms with E-state index in [-0.39, 0.29) is 23.0 Å².